The number of rotatable bonds is 6. The molecule has 1 aliphatic carbocycles. The van der Waals surface area contributed by atoms with Crippen molar-refractivity contribution in [3.63, 3.8) is 0 Å². The molecule has 7 nitrogen and oxygen atoms in total. The fourth-order valence-electron chi connectivity index (χ4n) is 3.80. The van der Waals surface area contributed by atoms with Crippen molar-refractivity contribution in [2.24, 2.45) is 11.8 Å². The second-order valence-corrected chi connectivity index (χ2v) is 8.55. The summed E-state index contributed by atoms with van der Waals surface area (Å²) in [6.45, 7) is 3.60. The van der Waals surface area contributed by atoms with E-state index in [1.807, 2.05) is 4.90 Å². The van der Waals surface area contributed by atoms with Crippen molar-refractivity contribution >= 4 is 29.1 Å². The first kappa shape index (κ1) is 20.3. The van der Waals surface area contributed by atoms with E-state index in [0.717, 1.165) is 32.4 Å². The molecule has 0 radical (unpaired) electrons. The zero-order valence-corrected chi connectivity index (χ0v) is 17.3. The predicted molar refractivity (Wildman–Crippen MR) is 111 cm³/mol. The summed E-state index contributed by atoms with van der Waals surface area (Å²) in [5, 5.41) is 6.35. The third kappa shape index (κ3) is 5.54. The van der Waals surface area contributed by atoms with Gasteiger partial charge in [0, 0.05) is 31.6 Å². The van der Waals surface area contributed by atoms with Crippen molar-refractivity contribution in [3.8, 4) is 11.5 Å². The van der Waals surface area contributed by atoms with E-state index >= 15 is 0 Å². The number of anilines is 1. The van der Waals surface area contributed by atoms with Crippen LogP contribution in [0.5, 0.6) is 11.5 Å². The van der Waals surface area contributed by atoms with Crippen molar-refractivity contribution in [2.75, 3.05) is 44.7 Å². The number of halogens is 1. The average molecular weight is 422 g/mol. The van der Waals surface area contributed by atoms with Gasteiger partial charge in [0.05, 0.1) is 36.4 Å². The molecule has 1 saturated heterocycles. The number of nitrogens with one attached hydrogen (secondary N) is 2. The summed E-state index contributed by atoms with van der Waals surface area (Å²) in [7, 11) is 0. The SMILES string of the molecule is O=C(CN1CCCC(C(=O)NCC2CC2)C1)Nc1cc2c(cc1Cl)OCCCO2. The second-order valence-electron chi connectivity index (χ2n) is 8.14. The normalized spacial score (nSPS) is 21.9. The lowest BCUT2D eigenvalue weighted by molar-refractivity contribution is -0.128. The van der Waals surface area contributed by atoms with Gasteiger partial charge in [-0.15, -0.1) is 0 Å². The molecule has 2 N–H and O–H groups in total. The van der Waals surface area contributed by atoms with Crippen molar-refractivity contribution < 1.29 is 19.1 Å². The monoisotopic (exact) mass is 421 g/mol. The molecule has 1 aromatic carbocycles. The molecule has 1 unspecified atom stereocenters. The van der Waals surface area contributed by atoms with E-state index in [1.54, 1.807) is 12.1 Å². The molecule has 1 aromatic rings. The van der Waals surface area contributed by atoms with E-state index < -0.39 is 0 Å². The fraction of sp³-hybridized carbons (Fsp3) is 0.619. The van der Waals surface area contributed by atoms with Gasteiger partial charge in [-0.05, 0) is 38.1 Å². The van der Waals surface area contributed by atoms with Gasteiger partial charge >= 0.3 is 0 Å². The van der Waals surface area contributed by atoms with Crippen LogP contribution in [-0.2, 0) is 9.59 Å². The van der Waals surface area contributed by atoms with Gasteiger partial charge in [-0.1, -0.05) is 11.6 Å². The van der Waals surface area contributed by atoms with Crippen LogP contribution >= 0.6 is 11.6 Å². The Morgan fingerprint density at radius 1 is 1.10 bits per heavy atom. The molecular weight excluding hydrogens is 394 g/mol. The van der Waals surface area contributed by atoms with E-state index in [2.05, 4.69) is 10.6 Å². The Morgan fingerprint density at radius 2 is 1.86 bits per heavy atom. The zero-order chi connectivity index (χ0) is 20.2. The maximum absolute atomic E-state index is 12.6. The molecule has 3 aliphatic rings. The summed E-state index contributed by atoms with van der Waals surface area (Å²) >= 11 is 6.31. The number of hydrogen-bond donors (Lipinski definition) is 2. The molecule has 2 amide bonds. The van der Waals surface area contributed by atoms with Crippen LogP contribution in [0.4, 0.5) is 5.69 Å². The van der Waals surface area contributed by atoms with Gasteiger partial charge in [0.2, 0.25) is 11.8 Å². The minimum absolute atomic E-state index is 0.0445. The Labute approximate surface area is 176 Å². The molecule has 29 heavy (non-hydrogen) atoms. The number of piperidine rings is 1. The molecule has 4 rings (SSSR count). The minimum Gasteiger partial charge on any atom is -0.490 e. The molecule has 2 aliphatic heterocycles. The number of hydrogen-bond acceptors (Lipinski definition) is 5. The molecule has 0 aromatic heterocycles. The topological polar surface area (TPSA) is 79.9 Å². The fourth-order valence-corrected chi connectivity index (χ4v) is 4.00. The van der Waals surface area contributed by atoms with Crippen LogP contribution in [0.1, 0.15) is 32.1 Å². The first-order valence-electron chi connectivity index (χ1n) is 10.5. The van der Waals surface area contributed by atoms with Gasteiger partial charge in [0.15, 0.2) is 11.5 Å². The summed E-state index contributed by atoms with van der Waals surface area (Å²) < 4.78 is 11.3. The maximum Gasteiger partial charge on any atom is 0.238 e. The summed E-state index contributed by atoms with van der Waals surface area (Å²) in [6, 6.07) is 3.39. The number of carbonyl (C=O) groups excluding carboxylic acids is 2. The van der Waals surface area contributed by atoms with Gasteiger partial charge in [-0.25, -0.2) is 0 Å². The van der Waals surface area contributed by atoms with Crippen LogP contribution < -0.4 is 20.1 Å². The summed E-state index contributed by atoms with van der Waals surface area (Å²) in [6.07, 6.45) is 5.04. The first-order valence-corrected chi connectivity index (χ1v) is 10.9. The number of likely N-dealkylation sites (tertiary alicyclic amines) is 1. The Morgan fingerprint density at radius 3 is 2.62 bits per heavy atom. The summed E-state index contributed by atoms with van der Waals surface area (Å²) in [4.78, 5) is 27.0. The number of fused-ring (bicyclic) bond motifs is 1. The second kappa shape index (κ2) is 9.22. The molecule has 0 spiro atoms. The number of nitrogens with zero attached hydrogens (tertiary/aromatic N) is 1. The smallest absolute Gasteiger partial charge is 0.238 e. The van der Waals surface area contributed by atoms with Gasteiger partial charge in [0.1, 0.15) is 0 Å². The standard InChI is InChI=1S/C21H28ClN3O4/c22-16-9-18-19(29-8-2-7-28-18)10-17(16)24-20(26)13-25-6-1-3-15(12-25)21(27)23-11-14-4-5-14/h9-10,14-15H,1-8,11-13H2,(H,23,27)(H,24,26). The Bertz CT molecular complexity index is 769. The summed E-state index contributed by atoms with van der Waals surface area (Å²) in [5.74, 6) is 1.78. The van der Waals surface area contributed by atoms with Crippen molar-refractivity contribution in [3.05, 3.63) is 17.2 Å². The van der Waals surface area contributed by atoms with Gasteiger partial charge < -0.3 is 20.1 Å². The Balaban J connectivity index is 1.31. The zero-order valence-electron chi connectivity index (χ0n) is 16.5. The maximum atomic E-state index is 12.6. The van der Waals surface area contributed by atoms with E-state index in [4.69, 9.17) is 21.1 Å². The Kier molecular flexibility index (Phi) is 6.45. The number of carbonyl (C=O) groups is 2. The quantitative estimate of drug-likeness (QED) is 0.738. The van der Waals surface area contributed by atoms with Crippen molar-refractivity contribution in [1.82, 2.24) is 10.2 Å². The molecule has 1 saturated carbocycles. The molecule has 2 heterocycles. The largest absolute Gasteiger partial charge is 0.490 e. The number of ether oxygens (including phenoxy) is 2. The molecule has 158 valence electrons. The van der Waals surface area contributed by atoms with Gasteiger partial charge in [0.25, 0.3) is 0 Å². The van der Waals surface area contributed by atoms with Crippen LogP contribution in [0.15, 0.2) is 12.1 Å². The molecule has 2 fully saturated rings. The lowest BCUT2D eigenvalue weighted by atomic mass is 9.97. The van der Waals surface area contributed by atoms with Crippen molar-refractivity contribution in [2.45, 2.75) is 32.1 Å². The first-order chi connectivity index (χ1) is 14.1. The van der Waals surface area contributed by atoms with E-state index in [-0.39, 0.29) is 24.3 Å². The van der Waals surface area contributed by atoms with Gasteiger partial charge in [-0.3, -0.25) is 14.5 Å². The van der Waals surface area contributed by atoms with Crippen molar-refractivity contribution in [1.29, 1.82) is 0 Å². The Hall–Kier alpha value is -1.99. The lowest BCUT2D eigenvalue weighted by Gasteiger charge is -2.31. The molecule has 8 heteroatoms. The molecule has 1 atom stereocenters. The number of benzene rings is 1. The highest BCUT2D eigenvalue weighted by molar-refractivity contribution is 6.34. The highest BCUT2D eigenvalue weighted by Crippen LogP contribution is 2.37. The van der Waals surface area contributed by atoms with E-state index in [9.17, 15) is 9.59 Å². The summed E-state index contributed by atoms with van der Waals surface area (Å²) in [5.41, 5.74) is 0.511. The lowest BCUT2D eigenvalue weighted by Crippen LogP contribution is -2.45. The minimum atomic E-state index is -0.152. The van der Waals surface area contributed by atoms with Crippen LogP contribution in [-0.4, -0.2) is 56.1 Å². The average Bonchev–Trinajstić information content (AvgIpc) is 3.54. The predicted octanol–water partition coefficient (Wildman–Crippen LogP) is 2.68. The third-order valence-electron chi connectivity index (χ3n) is 5.62. The third-order valence-corrected chi connectivity index (χ3v) is 5.93. The molecular formula is C21H28ClN3O4. The highest BCUT2D eigenvalue weighted by atomic mass is 35.5. The van der Waals surface area contributed by atoms with Crippen LogP contribution in [0.2, 0.25) is 5.02 Å². The number of amides is 2. The van der Waals surface area contributed by atoms with Crippen LogP contribution in [0.25, 0.3) is 0 Å². The molecule has 0 bridgehead atoms. The van der Waals surface area contributed by atoms with Gasteiger partial charge in [-0.2, -0.15) is 0 Å². The highest BCUT2D eigenvalue weighted by Gasteiger charge is 2.29. The van der Waals surface area contributed by atoms with E-state index in [1.165, 1.54) is 12.8 Å². The van der Waals surface area contributed by atoms with Crippen LogP contribution in [0.3, 0.4) is 0 Å². The van der Waals surface area contributed by atoms with Crippen LogP contribution in [0, 0.1) is 11.8 Å². The van der Waals surface area contributed by atoms with E-state index in [0.29, 0.717) is 47.9 Å².